The fourth-order valence-corrected chi connectivity index (χ4v) is 4.84. The molecule has 0 unspecified atom stereocenters. The molecule has 0 bridgehead atoms. The number of ether oxygens (including phenoxy) is 1. The summed E-state index contributed by atoms with van der Waals surface area (Å²) in [5.41, 5.74) is -1.35. The molecule has 1 aliphatic heterocycles. The molecular formula is C21H25F3N2O4S2. The van der Waals surface area contributed by atoms with E-state index >= 15 is 0 Å². The number of alkyl halides is 3. The summed E-state index contributed by atoms with van der Waals surface area (Å²) in [6.45, 7) is 3.50. The Hall–Kier alpha value is -1.79. The Balaban J connectivity index is 1.80. The third-order valence-corrected chi connectivity index (χ3v) is 7.07. The van der Waals surface area contributed by atoms with Gasteiger partial charge in [0.1, 0.15) is 0 Å². The van der Waals surface area contributed by atoms with Crippen LogP contribution in [-0.2, 0) is 21.0 Å². The smallest absolute Gasteiger partial charge is 0.381 e. The van der Waals surface area contributed by atoms with Crippen LogP contribution in [0.4, 0.5) is 18.9 Å². The third kappa shape index (κ3) is 7.38. The molecule has 0 aromatic heterocycles. The molecule has 32 heavy (non-hydrogen) atoms. The second-order valence-electron chi connectivity index (χ2n) is 7.39. The lowest BCUT2D eigenvalue weighted by atomic mass is 10.1. The molecule has 6 nitrogen and oxygen atoms in total. The molecule has 2 aromatic carbocycles. The van der Waals surface area contributed by atoms with Crippen LogP contribution in [0.5, 0.6) is 0 Å². The summed E-state index contributed by atoms with van der Waals surface area (Å²) in [5.74, 6) is 0.520. The predicted molar refractivity (Wildman–Crippen MR) is 118 cm³/mol. The molecule has 2 aromatic rings. The molecule has 0 saturated carbocycles. The maximum atomic E-state index is 13.7. The van der Waals surface area contributed by atoms with Gasteiger partial charge < -0.3 is 10.1 Å². The van der Waals surface area contributed by atoms with Gasteiger partial charge in [0.05, 0.1) is 23.7 Å². The van der Waals surface area contributed by atoms with E-state index in [0.29, 0.717) is 38.0 Å². The number of nitrogens with one attached hydrogen (secondary N) is 1. The molecule has 2 N–H and O–H groups in total. The van der Waals surface area contributed by atoms with E-state index in [9.17, 15) is 21.6 Å². The van der Waals surface area contributed by atoms with Crippen molar-refractivity contribution in [1.29, 1.82) is 0 Å². The molecule has 3 rings (SSSR count). The first-order valence-electron chi connectivity index (χ1n) is 10.1. The lowest BCUT2D eigenvalue weighted by molar-refractivity contribution is -0.137. The second-order valence-corrected chi connectivity index (χ2v) is 9.90. The molecule has 11 heteroatoms. The summed E-state index contributed by atoms with van der Waals surface area (Å²) in [6.07, 6.45) is -4.19. The summed E-state index contributed by atoms with van der Waals surface area (Å²) in [7, 11) is -4.75. The molecule has 1 heterocycles. The largest absolute Gasteiger partial charge is 0.418 e. The van der Waals surface area contributed by atoms with E-state index in [1.54, 1.807) is 0 Å². The number of benzene rings is 2. The summed E-state index contributed by atoms with van der Waals surface area (Å²) < 4.78 is 78.1. The van der Waals surface area contributed by atoms with Crippen LogP contribution >= 0.6 is 11.8 Å². The molecule has 176 valence electrons. The van der Waals surface area contributed by atoms with E-state index in [4.69, 9.17) is 9.29 Å². The summed E-state index contributed by atoms with van der Waals surface area (Å²) in [4.78, 5) is 2.42. The van der Waals surface area contributed by atoms with E-state index in [2.05, 4.69) is 10.2 Å². The van der Waals surface area contributed by atoms with E-state index in [-0.39, 0.29) is 11.7 Å². The molecule has 0 spiro atoms. The lowest BCUT2D eigenvalue weighted by Crippen LogP contribution is -2.39. The van der Waals surface area contributed by atoms with Gasteiger partial charge in [0.2, 0.25) is 0 Å². The van der Waals surface area contributed by atoms with Crippen molar-refractivity contribution < 1.29 is 30.9 Å². The SMILES string of the molecule is O=S(=O)(O)c1ccc(N[C@H](CCN2CCOCC2)CSc2ccccc2)c(C(F)(F)F)c1. The highest BCUT2D eigenvalue weighted by Gasteiger charge is 2.35. The third-order valence-electron chi connectivity index (χ3n) is 5.05. The lowest BCUT2D eigenvalue weighted by Gasteiger charge is -2.29. The van der Waals surface area contributed by atoms with Crippen molar-refractivity contribution in [3.63, 3.8) is 0 Å². The van der Waals surface area contributed by atoms with Gasteiger partial charge in [-0.1, -0.05) is 18.2 Å². The highest BCUT2D eigenvalue weighted by Crippen LogP contribution is 2.37. The summed E-state index contributed by atoms with van der Waals surface area (Å²) in [6, 6.07) is 11.7. The minimum atomic E-state index is -4.79. The normalized spacial score (nSPS) is 16.6. The number of halogens is 3. The van der Waals surface area contributed by atoms with Crippen LogP contribution in [0.1, 0.15) is 12.0 Å². The standard InChI is InChI=1S/C21H25F3N2O4S2/c22-21(23,24)19-14-18(32(27,28)29)6-7-20(19)25-16(8-9-26-10-12-30-13-11-26)15-31-17-4-2-1-3-5-17/h1-7,14,16,25H,8-13,15H2,(H,27,28,29)/t16-/m1/s1. The highest BCUT2D eigenvalue weighted by molar-refractivity contribution is 7.99. The minimum Gasteiger partial charge on any atom is -0.381 e. The van der Waals surface area contributed by atoms with Crippen LogP contribution in [0, 0.1) is 0 Å². The van der Waals surface area contributed by atoms with Crippen LogP contribution in [0.3, 0.4) is 0 Å². The number of thioether (sulfide) groups is 1. The Bertz CT molecular complexity index is 982. The van der Waals surface area contributed by atoms with Crippen LogP contribution < -0.4 is 5.32 Å². The average Bonchev–Trinajstić information content (AvgIpc) is 2.76. The maximum Gasteiger partial charge on any atom is 0.418 e. The van der Waals surface area contributed by atoms with Crippen molar-refractivity contribution in [3.05, 3.63) is 54.1 Å². The van der Waals surface area contributed by atoms with E-state index < -0.39 is 26.8 Å². The monoisotopic (exact) mass is 490 g/mol. The Kier molecular flexibility index (Phi) is 8.45. The van der Waals surface area contributed by atoms with Crippen molar-refractivity contribution in [3.8, 4) is 0 Å². The number of hydrogen-bond donors (Lipinski definition) is 2. The Morgan fingerprint density at radius 3 is 2.44 bits per heavy atom. The Morgan fingerprint density at radius 1 is 1.12 bits per heavy atom. The van der Waals surface area contributed by atoms with Gasteiger partial charge in [0, 0.05) is 42.0 Å². The van der Waals surface area contributed by atoms with Crippen molar-refractivity contribution in [1.82, 2.24) is 4.90 Å². The predicted octanol–water partition coefficient (Wildman–Crippen LogP) is 4.25. The average molecular weight is 491 g/mol. The molecule has 0 amide bonds. The van der Waals surface area contributed by atoms with Crippen molar-refractivity contribution in [2.75, 3.05) is 43.9 Å². The number of nitrogens with zero attached hydrogens (tertiary/aromatic N) is 1. The molecule has 1 aliphatic rings. The zero-order valence-corrected chi connectivity index (χ0v) is 18.8. The van der Waals surface area contributed by atoms with Crippen LogP contribution in [0.25, 0.3) is 0 Å². The molecule has 0 radical (unpaired) electrons. The first kappa shape index (κ1) is 24.8. The first-order chi connectivity index (χ1) is 15.1. The molecule has 1 atom stereocenters. The summed E-state index contributed by atoms with van der Waals surface area (Å²) in [5, 5.41) is 2.97. The van der Waals surface area contributed by atoms with Crippen molar-refractivity contribution >= 4 is 27.6 Å². The zero-order valence-electron chi connectivity index (χ0n) is 17.2. The topological polar surface area (TPSA) is 78.9 Å². The minimum absolute atomic E-state index is 0.217. The van der Waals surface area contributed by atoms with Crippen LogP contribution in [0.15, 0.2) is 58.3 Å². The van der Waals surface area contributed by atoms with Gasteiger partial charge in [-0.15, -0.1) is 11.8 Å². The van der Waals surface area contributed by atoms with E-state index in [1.807, 2.05) is 30.3 Å². The Labute approximate surface area is 189 Å². The van der Waals surface area contributed by atoms with Crippen molar-refractivity contribution in [2.45, 2.75) is 28.4 Å². The summed E-state index contributed by atoms with van der Waals surface area (Å²) >= 11 is 1.53. The Morgan fingerprint density at radius 2 is 1.81 bits per heavy atom. The van der Waals surface area contributed by atoms with Gasteiger partial charge in [-0.05, 0) is 36.8 Å². The number of hydrogen-bond acceptors (Lipinski definition) is 6. The van der Waals surface area contributed by atoms with Gasteiger partial charge in [-0.2, -0.15) is 21.6 Å². The van der Waals surface area contributed by atoms with Gasteiger partial charge in [-0.3, -0.25) is 9.45 Å². The van der Waals surface area contributed by atoms with Gasteiger partial charge in [0.25, 0.3) is 10.1 Å². The molecule has 1 fully saturated rings. The number of rotatable bonds is 9. The molecular weight excluding hydrogens is 465 g/mol. The van der Waals surface area contributed by atoms with Crippen molar-refractivity contribution in [2.24, 2.45) is 0 Å². The van der Waals surface area contributed by atoms with Gasteiger partial charge >= 0.3 is 6.18 Å². The van der Waals surface area contributed by atoms with E-state index in [1.165, 1.54) is 11.8 Å². The zero-order chi connectivity index (χ0) is 23.2. The number of anilines is 1. The fraction of sp³-hybridized carbons (Fsp3) is 0.429. The second kappa shape index (κ2) is 10.9. The molecule has 1 saturated heterocycles. The maximum absolute atomic E-state index is 13.7. The fourth-order valence-electron chi connectivity index (χ4n) is 3.34. The van der Waals surface area contributed by atoms with Gasteiger partial charge in [-0.25, -0.2) is 0 Å². The molecule has 0 aliphatic carbocycles. The quantitative estimate of drug-likeness (QED) is 0.402. The number of morpholine rings is 1. The van der Waals surface area contributed by atoms with Gasteiger partial charge in [0.15, 0.2) is 0 Å². The first-order valence-corrected chi connectivity index (χ1v) is 12.5. The van der Waals surface area contributed by atoms with E-state index in [0.717, 1.165) is 30.1 Å². The highest BCUT2D eigenvalue weighted by atomic mass is 32.2. The van der Waals surface area contributed by atoms with Crippen LogP contribution in [0.2, 0.25) is 0 Å². The van der Waals surface area contributed by atoms with Crippen LogP contribution in [-0.4, -0.2) is 62.5 Å².